The molecule has 1 aliphatic rings. The van der Waals surface area contributed by atoms with Gasteiger partial charge in [-0.1, -0.05) is 45.0 Å². The Labute approximate surface area is 241 Å². The fraction of sp³-hybridized carbons (Fsp3) is 0.594. The molecule has 1 aliphatic heterocycles. The molecule has 4 atom stereocenters. The maximum atomic E-state index is 11.9. The number of methoxy groups -OCH3 is 2. The van der Waals surface area contributed by atoms with Gasteiger partial charge in [-0.05, 0) is 73.3 Å². The Morgan fingerprint density at radius 1 is 0.925 bits per heavy atom. The summed E-state index contributed by atoms with van der Waals surface area (Å²) in [6.45, 7) is 14.4. The maximum absolute atomic E-state index is 11.9. The largest absolute Gasteiger partial charge is 0.497 e. The molecule has 0 unspecified atom stereocenters. The van der Waals surface area contributed by atoms with Crippen LogP contribution in [0.25, 0.3) is 0 Å². The lowest BCUT2D eigenvalue weighted by Crippen LogP contribution is -2.53. The first-order valence-electron chi connectivity index (χ1n) is 14.2. The summed E-state index contributed by atoms with van der Waals surface area (Å²) in [5.41, 5.74) is 1.30. The van der Waals surface area contributed by atoms with Gasteiger partial charge in [-0.25, -0.2) is 0 Å². The summed E-state index contributed by atoms with van der Waals surface area (Å²) >= 11 is 0. The van der Waals surface area contributed by atoms with Crippen molar-refractivity contribution in [2.75, 3.05) is 20.8 Å². The van der Waals surface area contributed by atoms with Crippen LogP contribution in [0.3, 0.4) is 0 Å². The third kappa shape index (κ3) is 8.63. The van der Waals surface area contributed by atoms with Gasteiger partial charge < -0.3 is 32.9 Å². The molecule has 0 spiro atoms. The van der Waals surface area contributed by atoms with E-state index < -0.39 is 13.9 Å². The average molecular weight is 573 g/mol. The van der Waals surface area contributed by atoms with Gasteiger partial charge >= 0.3 is 0 Å². The number of hydrogen-bond donors (Lipinski definition) is 0. The molecular weight excluding hydrogens is 524 g/mol. The van der Waals surface area contributed by atoms with Gasteiger partial charge in [0.2, 0.25) is 0 Å². The van der Waals surface area contributed by atoms with Gasteiger partial charge in [0, 0.05) is 6.42 Å². The summed E-state index contributed by atoms with van der Waals surface area (Å²) in [6, 6.07) is 15.7. The highest BCUT2D eigenvalue weighted by Crippen LogP contribution is 2.42. The van der Waals surface area contributed by atoms with Crippen molar-refractivity contribution in [2.24, 2.45) is 0 Å². The highest BCUT2D eigenvalue weighted by atomic mass is 28.4. The lowest BCUT2D eigenvalue weighted by atomic mass is 9.92. The Kier molecular flexibility index (Phi) is 11.4. The average Bonchev–Trinajstić information content (AvgIpc) is 3.03. The molecule has 1 heterocycles. The zero-order valence-electron chi connectivity index (χ0n) is 25.5. The van der Waals surface area contributed by atoms with Crippen molar-refractivity contribution < 1.29 is 32.9 Å². The zero-order valence-corrected chi connectivity index (χ0v) is 26.5. The molecule has 0 aromatic heterocycles. The molecule has 40 heavy (non-hydrogen) atoms. The first kappa shape index (κ1) is 32.3. The third-order valence-electron chi connectivity index (χ3n) is 8.29. The minimum Gasteiger partial charge on any atom is -0.497 e. The molecule has 0 bridgehead atoms. The fourth-order valence-electron chi connectivity index (χ4n) is 4.64. The summed E-state index contributed by atoms with van der Waals surface area (Å²) in [6.07, 6.45) is 1.84. The van der Waals surface area contributed by atoms with Crippen LogP contribution in [0.5, 0.6) is 11.5 Å². The van der Waals surface area contributed by atoms with Gasteiger partial charge in [0.25, 0.3) is 0 Å². The molecule has 1 saturated heterocycles. The standard InChI is InChI=1S/C32H48O7Si/c1-31(2,3)40(7,8)39-30-18-17-28(37-22-25-11-15-27(35-6)16-12-25)29(38-32(30,4)19-20-33)23-36-21-24-9-13-26(34-5)14-10-24/h9-16,20,28-30H,17-19,21-23H2,1-8H3/t28-,29+,30+,32-/m1/s1. The summed E-state index contributed by atoms with van der Waals surface area (Å²) < 4.78 is 36.9. The SMILES string of the molecule is COc1ccc(COC[C@@H]2O[C@](C)(CC=O)[C@@H](O[Si](C)(C)C(C)(C)C)CC[C@H]2OCc2ccc(OC)cc2)cc1. The van der Waals surface area contributed by atoms with Gasteiger partial charge in [-0.3, -0.25) is 0 Å². The van der Waals surface area contributed by atoms with Crippen molar-refractivity contribution in [3.05, 3.63) is 59.7 Å². The fourth-order valence-corrected chi connectivity index (χ4v) is 6.07. The molecule has 2 aromatic rings. The van der Waals surface area contributed by atoms with Gasteiger partial charge in [0.1, 0.15) is 23.9 Å². The number of benzene rings is 2. The molecule has 0 saturated carbocycles. The highest BCUT2D eigenvalue weighted by Gasteiger charge is 2.48. The molecule has 8 heteroatoms. The van der Waals surface area contributed by atoms with Gasteiger partial charge in [0.15, 0.2) is 8.32 Å². The molecule has 0 amide bonds. The van der Waals surface area contributed by atoms with Crippen LogP contribution in [0.4, 0.5) is 0 Å². The molecule has 1 fully saturated rings. The number of carbonyl (C=O) groups excluding carboxylic acids is 1. The third-order valence-corrected chi connectivity index (χ3v) is 12.8. The zero-order chi connectivity index (χ0) is 29.4. The van der Waals surface area contributed by atoms with E-state index in [1.165, 1.54) is 0 Å². The van der Waals surface area contributed by atoms with Crippen molar-refractivity contribution in [3.8, 4) is 11.5 Å². The Morgan fingerprint density at radius 2 is 1.48 bits per heavy atom. The van der Waals surface area contributed by atoms with Crippen LogP contribution in [0.2, 0.25) is 18.1 Å². The molecule has 222 valence electrons. The van der Waals surface area contributed by atoms with Crippen LogP contribution in [-0.2, 0) is 36.6 Å². The number of ether oxygens (including phenoxy) is 5. The van der Waals surface area contributed by atoms with E-state index in [2.05, 4.69) is 33.9 Å². The number of carbonyl (C=O) groups is 1. The van der Waals surface area contributed by atoms with Gasteiger partial charge in [-0.15, -0.1) is 0 Å². The normalized spacial score (nSPS) is 23.9. The van der Waals surface area contributed by atoms with E-state index >= 15 is 0 Å². The van der Waals surface area contributed by atoms with E-state index in [1.54, 1.807) is 14.2 Å². The van der Waals surface area contributed by atoms with Crippen molar-refractivity contribution >= 4 is 14.6 Å². The van der Waals surface area contributed by atoms with Crippen LogP contribution in [-0.4, -0.2) is 59.3 Å². The van der Waals surface area contributed by atoms with E-state index in [0.717, 1.165) is 41.8 Å². The Balaban J connectivity index is 1.80. The smallest absolute Gasteiger partial charge is 0.192 e. The van der Waals surface area contributed by atoms with Gasteiger partial charge in [-0.2, -0.15) is 0 Å². The van der Waals surface area contributed by atoms with Crippen LogP contribution in [0.1, 0.15) is 58.1 Å². The molecule has 0 radical (unpaired) electrons. The van der Waals surface area contributed by atoms with Gasteiger partial charge in [0.05, 0.1) is 51.8 Å². The number of aldehydes is 1. The number of hydrogen-bond acceptors (Lipinski definition) is 7. The van der Waals surface area contributed by atoms with Crippen molar-refractivity contribution in [1.82, 2.24) is 0 Å². The second-order valence-electron chi connectivity index (χ2n) is 12.3. The quantitative estimate of drug-likeness (QED) is 0.195. The highest BCUT2D eigenvalue weighted by molar-refractivity contribution is 6.74. The minimum absolute atomic E-state index is 0.0343. The summed E-state index contributed by atoms with van der Waals surface area (Å²) in [4.78, 5) is 11.9. The second-order valence-corrected chi connectivity index (χ2v) is 17.1. The minimum atomic E-state index is -2.12. The second kappa shape index (κ2) is 14.1. The summed E-state index contributed by atoms with van der Waals surface area (Å²) in [5, 5.41) is 0.0343. The Hall–Kier alpha value is -2.23. The number of rotatable bonds is 13. The van der Waals surface area contributed by atoms with Crippen molar-refractivity contribution in [2.45, 2.75) is 102 Å². The van der Waals surface area contributed by atoms with Crippen LogP contribution in [0.15, 0.2) is 48.5 Å². The molecule has 0 N–H and O–H groups in total. The predicted octanol–water partition coefficient (Wildman–Crippen LogP) is 6.72. The molecule has 0 aliphatic carbocycles. The monoisotopic (exact) mass is 572 g/mol. The lowest BCUT2D eigenvalue weighted by Gasteiger charge is -2.44. The first-order valence-corrected chi connectivity index (χ1v) is 17.1. The first-order chi connectivity index (χ1) is 18.9. The van der Waals surface area contributed by atoms with Crippen LogP contribution >= 0.6 is 0 Å². The Morgan fingerprint density at radius 3 is 1.98 bits per heavy atom. The van der Waals surface area contributed by atoms with E-state index in [-0.39, 0.29) is 29.8 Å². The summed E-state index contributed by atoms with van der Waals surface area (Å²) in [5.74, 6) is 1.61. The molecule has 2 aromatic carbocycles. The van der Waals surface area contributed by atoms with Crippen LogP contribution in [0, 0.1) is 0 Å². The lowest BCUT2D eigenvalue weighted by molar-refractivity contribution is -0.181. The summed E-state index contributed by atoms with van der Waals surface area (Å²) in [7, 11) is 1.18. The van der Waals surface area contributed by atoms with E-state index in [0.29, 0.717) is 19.8 Å². The Bertz CT molecular complexity index is 1050. The predicted molar refractivity (Wildman–Crippen MR) is 159 cm³/mol. The van der Waals surface area contributed by atoms with E-state index in [1.807, 2.05) is 55.5 Å². The van der Waals surface area contributed by atoms with Crippen LogP contribution < -0.4 is 9.47 Å². The van der Waals surface area contributed by atoms with E-state index in [9.17, 15) is 4.79 Å². The topological polar surface area (TPSA) is 72.5 Å². The van der Waals surface area contributed by atoms with Crippen molar-refractivity contribution in [3.63, 3.8) is 0 Å². The van der Waals surface area contributed by atoms with Crippen molar-refractivity contribution in [1.29, 1.82) is 0 Å². The molecule has 7 nitrogen and oxygen atoms in total. The molecule has 3 rings (SSSR count). The van der Waals surface area contributed by atoms with E-state index in [4.69, 9.17) is 28.1 Å². The maximum Gasteiger partial charge on any atom is 0.192 e. The molecular formula is C32H48O7Si.